The zero-order valence-corrected chi connectivity index (χ0v) is 11.9. The van der Waals surface area contributed by atoms with Gasteiger partial charge in [0.25, 0.3) is 0 Å². The van der Waals surface area contributed by atoms with Gasteiger partial charge < -0.3 is 5.32 Å². The fourth-order valence-corrected chi connectivity index (χ4v) is 4.11. The Morgan fingerprint density at radius 1 is 1.37 bits per heavy atom. The van der Waals surface area contributed by atoms with Crippen molar-refractivity contribution in [1.29, 1.82) is 0 Å². The molecular weight excluding hydrogens is 234 g/mol. The fourth-order valence-electron chi connectivity index (χ4n) is 4.11. The van der Waals surface area contributed by atoms with Gasteiger partial charge in [-0.2, -0.15) is 5.10 Å². The van der Waals surface area contributed by atoms with Crippen molar-refractivity contribution in [3.8, 4) is 0 Å². The molecule has 1 aromatic rings. The van der Waals surface area contributed by atoms with E-state index in [1.165, 1.54) is 50.6 Å². The van der Waals surface area contributed by atoms with Gasteiger partial charge in [-0.1, -0.05) is 0 Å². The Hall–Kier alpha value is -0.830. The summed E-state index contributed by atoms with van der Waals surface area (Å²) in [7, 11) is 0. The van der Waals surface area contributed by atoms with Gasteiger partial charge in [0.1, 0.15) is 0 Å². The summed E-state index contributed by atoms with van der Waals surface area (Å²) in [5.41, 5.74) is 1.98. The molecule has 3 aliphatic carbocycles. The van der Waals surface area contributed by atoms with Crippen LogP contribution in [0.2, 0.25) is 0 Å². The van der Waals surface area contributed by atoms with Crippen LogP contribution in [0, 0.1) is 17.3 Å². The second-order valence-electron chi connectivity index (χ2n) is 7.20. The molecule has 3 saturated carbocycles. The van der Waals surface area contributed by atoms with Crippen molar-refractivity contribution in [2.24, 2.45) is 17.3 Å². The maximum atomic E-state index is 4.44. The minimum atomic E-state index is 0.539. The molecule has 0 aliphatic heterocycles. The predicted octanol–water partition coefficient (Wildman–Crippen LogP) is 2.61. The van der Waals surface area contributed by atoms with Crippen LogP contribution in [-0.4, -0.2) is 22.4 Å². The van der Waals surface area contributed by atoms with E-state index in [9.17, 15) is 0 Å². The van der Waals surface area contributed by atoms with Crippen LogP contribution in [0.4, 0.5) is 0 Å². The van der Waals surface area contributed by atoms with Crippen LogP contribution in [-0.2, 0) is 13.0 Å². The first kappa shape index (κ1) is 12.0. The third kappa shape index (κ3) is 2.45. The van der Waals surface area contributed by atoms with E-state index in [1.54, 1.807) is 0 Å². The molecular formula is C16H25N3. The largest absolute Gasteiger partial charge is 0.313 e. The van der Waals surface area contributed by atoms with Gasteiger partial charge in [0.15, 0.2) is 0 Å². The average molecular weight is 259 g/mol. The van der Waals surface area contributed by atoms with Gasteiger partial charge in [-0.15, -0.1) is 0 Å². The van der Waals surface area contributed by atoms with E-state index in [0.717, 1.165) is 24.4 Å². The maximum absolute atomic E-state index is 4.44. The number of nitrogens with zero attached hydrogens (tertiary/aromatic N) is 2. The summed E-state index contributed by atoms with van der Waals surface area (Å²) in [5.74, 6) is 2.12. The van der Waals surface area contributed by atoms with Crippen molar-refractivity contribution in [3.05, 3.63) is 18.0 Å². The molecule has 2 atom stereocenters. The van der Waals surface area contributed by atoms with Gasteiger partial charge in [0.05, 0.1) is 6.20 Å². The standard InChI is InChI=1S/C16H25N3/c1-2-19-10-12(9-18-19)6-16(11-17-15-3-4-15)7-13-5-14(13)8-16/h9-10,13-15,17H,2-8,11H2,1H3. The van der Waals surface area contributed by atoms with Gasteiger partial charge in [-0.3, -0.25) is 4.68 Å². The first-order valence-electron chi connectivity index (χ1n) is 8.01. The number of aryl methyl sites for hydroxylation is 1. The molecule has 3 nitrogen and oxygen atoms in total. The Morgan fingerprint density at radius 2 is 2.16 bits per heavy atom. The lowest BCUT2D eigenvalue weighted by atomic mass is 9.78. The minimum absolute atomic E-state index is 0.539. The van der Waals surface area contributed by atoms with Crippen molar-refractivity contribution >= 4 is 0 Å². The topological polar surface area (TPSA) is 29.9 Å². The summed E-state index contributed by atoms with van der Waals surface area (Å²) in [6.45, 7) is 4.38. The monoisotopic (exact) mass is 259 g/mol. The highest BCUT2D eigenvalue weighted by Gasteiger charge is 2.53. The van der Waals surface area contributed by atoms with Gasteiger partial charge in [0.2, 0.25) is 0 Å². The minimum Gasteiger partial charge on any atom is -0.313 e. The number of aromatic nitrogens is 2. The Morgan fingerprint density at radius 3 is 2.79 bits per heavy atom. The molecule has 3 aliphatic rings. The highest BCUT2D eigenvalue weighted by Crippen LogP contribution is 2.60. The van der Waals surface area contributed by atoms with E-state index >= 15 is 0 Å². The number of rotatable bonds is 6. The summed E-state index contributed by atoms with van der Waals surface area (Å²) in [5, 5.41) is 8.24. The SMILES string of the molecule is CCn1cc(CC2(CNC3CC3)CC3CC3C2)cn1. The molecule has 0 radical (unpaired) electrons. The van der Waals surface area contributed by atoms with Crippen LogP contribution >= 0.6 is 0 Å². The van der Waals surface area contributed by atoms with Crippen molar-refractivity contribution in [3.63, 3.8) is 0 Å². The summed E-state index contributed by atoms with van der Waals surface area (Å²) < 4.78 is 2.06. The van der Waals surface area contributed by atoms with Crippen molar-refractivity contribution in [1.82, 2.24) is 15.1 Å². The normalized spacial score (nSPS) is 36.5. The van der Waals surface area contributed by atoms with Crippen LogP contribution in [0.15, 0.2) is 12.4 Å². The molecule has 3 fully saturated rings. The highest BCUT2D eigenvalue weighted by atomic mass is 15.3. The van der Waals surface area contributed by atoms with E-state index in [0.29, 0.717) is 5.41 Å². The van der Waals surface area contributed by atoms with E-state index in [1.807, 2.05) is 0 Å². The van der Waals surface area contributed by atoms with E-state index < -0.39 is 0 Å². The highest BCUT2D eigenvalue weighted by molar-refractivity contribution is 5.13. The predicted molar refractivity (Wildman–Crippen MR) is 75.9 cm³/mol. The maximum Gasteiger partial charge on any atom is 0.0521 e. The molecule has 0 aromatic carbocycles. The van der Waals surface area contributed by atoms with E-state index in [-0.39, 0.29) is 0 Å². The molecule has 0 bridgehead atoms. The van der Waals surface area contributed by atoms with Gasteiger partial charge >= 0.3 is 0 Å². The quantitative estimate of drug-likeness (QED) is 0.851. The molecule has 1 aromatic heterocycles. The lowest BCUT2D eigenvalue weighted by Gasteiger charge is -2.31. The molecule has 0 amide bonds. The lowest BCUT2D eigenvalue weighted by Crippen LogP contribution is -2.36. The Labute approximate surface area is 115 Å². The van der Waals surface area contributed by atoms with Crippen molar-refractivity contribution < 1.29 is 0 Å². The summed E-state index contributed by atoms with van der Waals surface area (Å²) >= 11 is 0. The first-order chi connectivity index (χ1) is 9.26. The summed E-state index contributed by atoms with van der Waals surface area (Å²) in [4.78, 5) is 0. The zero-order chi connectivity index (χ0) is 12.9. The Bertz CT molecular complexity index is 450. The molecule has 0 spiro atoms. The van der Waals surface area contributed by atoms with Crippen LogP contribution in [0.3, 0.4) is 0 Å². The molecule has 3 heteroatoms. The number of hydrogen-bond donors (Lipinski definition) is 1. The molecule has 1 heterocycles. The third-order valence-corrected chi connectivity index (χ3v) is 5.39. The van der Waals surface area contributed by atoms with Gasteiger partial charge in [-0.25, -0.2) is 0 Å². The summed E-state index contributed by atoms with van der Waals surface area (Å²) in [6, 6.07) is 0.840. The average Bonchev–Trinajstić information content (AvgIpc) is 3.30. The molecule has 4 rings (SSSR count). The van der Waals surface area contributed by atoms with Crippen molar-refractivity contribution in [2.75, 3.05) is 6.54 Å². The van der Waals surface area contributed by atoms with Crippen LogP contribution in [0.1, 0.15) is 44.6 Å². The molecule has 19 heavy (non-hydrogen) atoms. The lowest BCUT2D eigenvalue weighted by molar-refractivity contribution is 0.247. The third-order valence-electron chi connectivity index (χ3n) is 5.39. The molecule has 0 saturated heterocycles. The van der Waals surface area contributed by atoms with E-state index in [2.05, 4.69) is 34.4 Å². The van der Waals surface area contributed by atoms with Gasteiger partial charge in [0, 0.05) is 25.3 Å². The van der Waals surface area contributed by atoms with Crippen LogP contribution < -0.4 is 5.32 Å². The number of hydrogen-bond acceptors (Lipinski definition) is 2. The number of fused-ring (bicyclic) bond motifs is 1. The second-order valence-corrected chi connectivity index (χ2v) is 7.20. The molecule has 104 valence electrons. The molecule has 2 unspecified atom stereocenters. The van der Waals surface area contributed by atoms with Gasteiger partial charge in [-0.05, 0) is 68.3 Å². The van der Waals surface area contributed by atoms with E-state index in [4.69, 9.17) is 0 Å². The zero-order valence-electron chi connectivity index (χ0n) is 11.9. The number of nitrogens with one attached hydrogen (secondary N) is 1. The van der Waals surface area contributed by atoms with Crippen LogP contribution in [0.5, 0.6) is 0 Å². The first-order valence-corrected chi connectivity index (χ1v) is 8.01. The second kappa shape index (κ2) is 4.34. The fraction of sp³-hybridized carbons (Fsp3) is 0.812. The molecule has 1 N–H and O–H groups in total. The summed E-state index contributed by atoms with van der Waals surface area (Å²) in [6.07, 6.45) is 12.8. The van der Waals surface area contributed by atoms with Crippen LogP contribution in [0.25, 0.3) is 0 Å². The smallest absolute Gasteiger partial charge is 0.0521 e. The Balaban J connectivity index is 1.46. The Kier molecular flexibility index (Phi) is 2.73. The van der Waals surface area contributed by atoms with Crippen molar-refractivity contribution in [2.45, 2.75) is 58.0 Å².